The van der Waals surface area contributed by atoms with Crippen LogP contribution < -0.4 is 5.30 Å². The van der Waals surface area contributed by atoms with Gasteiger partial charge >= 0.3 is 211 Å². The summed E-state index contributed by atoms with van der Waals surface area (Å²) in [5, 5.41) is 19.0. The number of rotatable bonds is 15. The van der Waals surface area contributed by atoms with E-state index in [1.165, 1.54) is 0 Å². The fourth-order valence-electron chi connectivity index (χ4n) is 5.50. The van der Waals surface area contributed by atoms with Crippen molar-refractivity contribution in [2.24, 2.45) is 11.8 Å². The second-order valence-electron chi connectivity index (χ2n) is 10.2. The van der Waals surface area contributed by atoms with Gasteiger partial charge in [0.25, 0.3) is 0 Å². The molecule has 0 aromatic heterocycles. The molecule has 1 saturated carbocycles. The average molecular weight is 531 g/mol. The molecule has 0 spiro atoms. The molecule has 200 valence electrons. The van der Waals surface area contributed by atoms with Crippen molar-refractivity contribution in [3.05, 3.63) is 30.3 Å². The summed E-state index contributed by atoms with van der Waals surface area (Å²) in [6, 6.07) is 9.76. The number of aliphatic carboxylic acids is 2. The van der Waals surface area contributed by atoms with Crippen molar-refractivity contribution >= 4 is 34.2 Å². The summed E-state index contributed by atoms with van der Waals surface area (Å²) in [5.41, 5.74) is 0. The second-order valence-corrected chi connectivity index (χ2v) is 17.5. The van der Waals surface area contributed by atoms with Crippen molar-refractivity contribution in [3.63, 3.8) is 0 Å². The minimum atomic E-state index is -4.24. The molecule has 1 fully saturated rings. The Labute approximate surface area is 210 Å². The van der Waals surface area contributed by atoms with Crippen LogP contribution >= 0.6 is 6.83 Å². The van der Waals surface area contributed by atoms with Gasteiger partial charge < -0.3 is 0 Å². The van der Waals surface area contributed by atoms with Crippen LogP contribution in [0, 0.1) is 11.8 Å². The molecule has 2 rings (SSSR count). The summed E-state index contributed by atoms with van der Waals surface area (Å²) in [6.07, 6.45) is 6.88. The number of carboxylic acids is 2. The summed E-state index contributed by atoms with van der Waals surface area (Å²) in [5.74, 6) is -4.34. The topological polar surface area (TPSA) is 118 Å². The zero-order chi connectivity index (χ0) is 26.1. The Hall–Kier alpha value is -1.50. The van der Waals surface area contributed by atoms with Crippen LogP contribution in [0.4, 0.5) is 0 Å². The van der Waals surface area contributed by atoms with Gasteiger partial charge in [-0.1, -0.05) is 0 Å². The Bertz CT molecular complexity index is 901. The third-order valence-corrected chi connectivity index (χ3v) is 16.8. The third kappa shape index (κ3) is 7.05. The van der Waals surface area contributed by atoms with Crippen LogP contribution in [-0.4, -0.2) is 54.3 Å². The summed E-state index contributed by atoms with van der Waals surface area (Å²) >= 11 is 0. The van der Waals surface area contributed by atoms with Crippen LogP contribution in [0.3, 0.4) is 0 Å². The van der Waals surface area contributed by atoms with Gasteiger partial charge in [0, 0.05) is 0 Å². The molecule has 0 heterocycles. The molecule has 1 aliphatic carbocycles. The first-order valence-corrected chi connectivity index (χ1v) is 17.2. The number of hydrogen-bond acceptors (Lipinski definition) is 5. The van der Waals surface area contributed by atoms with E-state index < -0.39 is 46.0 Å². The van der Waals surface area contributed by atoms with Crippen molar-refractivity contribution in [2.45, 2.75) is 83.8 Å². The van der Waals surface area contributed by atoms with E-state index in [1.807, 2.05) is 30.3 Å². The molecule has 1 aliphatic rings. The maximum absolute atomic E-state index is 14.0. The van der Waals surface area contributed by atoms with Crippen molar-refractivity contribution in [2.75, 3.05) is 18.5 Å². The Balaban J connectivity index is 2.66. The van der Waals surface area contributed by atoms with Crippen LogP contribution in [0.15, 0.2) is 30.3 Å². The third-order valence-electron chi connectivity index (χ3n) is 7.57. The van der Waals surface area contributed by atoms with E-state index in [2.05, 4.69) is 20.8 Å². The molecule has 35 heavy (non-hydrogen) atoms. The van der Waals surface area contributed by atoms with E-state index in [-0.39, 0.29) is 19.3 Å². The minimum absolute atomic E-state index is 0.0551. The fraction of sp³-hybridized carbons (Fsp3) is 0.692. The first-order chi connectivity index (χ1) is 16.5. The van der Waals surface area contributed by atoms with Crippen LogP contribution in [0.25, 0.3) is 0 Å². The SMILES string of the molecule is CCCCP(CCCC)(CCCC)(OS(=O)(=O)C1CC(C(=O)O)CC(C(=O)O)C1)c1ccccc1. The van der Waals surface area contributed by atoms with E-state index in [4.69, 9.17) is 3.97 Å². The van der Waals surface area contributed by atoms with E-state index in [0.717, 1.165) is 43.8 Å². The van der Waals surface area contributed by atoms with E-state index in [9.17, 15) is 28.2 Å². The zero-order valence-corrected chi connectivity index (χ0v) is 23.1. The van der Waals surface area contributed by atoms with Crippen molar-refractivity contribution in [1.29, 1.82) is 0 Å². The normalized spacial score (nSPS) is 22.3. The monoisotopic (exact) mass is 530 g/mol. The number of carboxylic acid groups (broad SMARTS) is 2. The van der Waals surface area contributed by atoms with E-state index in [1.54, 1.807) is 0 Å². The fourth-order valence-corrected chi connectivity index (χ4v) is 15.9. The number of carbonyl (C=O) groups is 2. The van der Waals surface area contributed by atoms with E-state index >= 15 is 0 Å². The first-order valence-electron chi connectivity index (χ1n) is 13.0. The maximum atomic E-state index is 14.0. The molecular weight excluding hydrogens is 487 g/mol. The van der Waals surface area contributed by atoms with Gasteiger partial charge in [0.2, 0.25) is 0 Å². The summed E-state index contributed by atoms with van der Waals surface area (Å²) in [7, 11) is -4.24. The summed E-state index contributed by atoms with van der Waals surface area (Å²) in [4.78, 5) is 23.5. The number of benzene rings is 1. The standard InChI is InChI=1S/C26H43O7PS/c1-4-7-15-34(16-8-5-2,17-9-6-3,23-13-11-10-12-14-23)33-35(31,32)24-19-21(25(27)28)18-22(20-24)26(29)30/h10-14,21-22,24H,4-9,15-20H2,1-3H3,(H,27,28)(H,29,30). The molecule has 0 radical (unpaired) electrons. The Kier molecular flexibility index (Phi) is 10.7. The predicted octanol–water partition coefficient (Wildman–Crippen LogP) is 5.48. The molecule has 0 amide bonds. The van der Waals surface area contributed by atoms with Crippen LogP contribution in [0.1, 0.15) is 78.6 Å². The van der Waals surface area contributed by atoms with Crippen LogP contribution in [0.5, 0.6) is 0 Å². The van der Waals surface area contributed by atoms with Gasteiger partial charge in [-0.2, -0.15) is 0 Å². The molecule has 2 unspecified atom stereocenters. The van der Waals surface area contributed by atoms with Gasteiger partial charge in [0.1, 0.15) is 0 Å². The second kappa shape index (κ2) is 12.6. The predicted molar refractivity (Wildman–Crippen MR) is 142 cm³/mol. The molecule has 9 heteroatoms. The molecular formula is C26H43O7PS. The van der Waals surface area contributed by atoms with Gasteiger partial charge in [0.05, 0.1) is 0 Å². The molecule has 1 aromatic carbocycles. The van der Waals surface area contributed by atoms with Crippen molar-refractivity contribution in [3.8, 4) is 0 Å². The summed E-state index contributed by atoms with van der Waals surface area (Å²) < 4.78 is 34.7. The molecule has 2 N–H and O–H groups in total. The molecule has 2 atom stereocenters. The molecule has 7 nitrogen and oxygen atoms in total. The van der Waals surface area contributed by atoms with Crippen LogP contribution in [0.2, 0.25) is 0 Å². The molecule has 1 aromatic rings. The van der Waals surface area contributed by atoms with Gasteiger partial charge in [-0.3, -0.25) is 0 Å². The quantitative estimate of drug-likeness (QED) is 0.288. The summed E-state index contributed by atoms with van der Waals surface area (Å²) in [6.45, 7) is 2.75. The van der Waals surface area contributed by atoms with Gasteiger partial charge in [-0.15, -0.1) is 0 Å². The van der Waals surface area contributed by atoms with Gasteiger partial charge in [0.15, 0.2) is 0 Å². The van der Waals surface area contributed by atoms with Crippen molar-refractivity contribution < 1.29 is 32.2 Å². The zero-order valence-electron chi connectivity index (χ0n) is 21.4. The number of hydrogen-bond donors (Lipinski definition) is 2. The number of unbranched alkanes of at least 4 members (excludes halogenated alkanes) is 3. The Morgan fingerprint density at radius 3 is 1.63 bits per heavy atom. The Morgan fingerprint density at radius 1 is 0.829 bits per heavy atom. The molecule has 0 saturated heterocycles. The first kappa shape index (κ1) is 29.7. The molecule has 0 bridgehead atoms. The molecule has 0 aliphatic heterocycles. The average Bonchev–Trinajstić information content (AvgIpc) is 2.85. The van der Waals surface area contributed by atoms with Crippen molar-refractivity contribution in [1.82, 2.24) is 0 Å². The van der Waals surface area contributed by atoms with Gasteiger partial charge in [-0.25, -0.2) is 0 Å². The van der Waals surface area contributed by atoms with E-state index in [0.29, 0.717) is 18.5 Å². The van der Waals surface area contributed by atoms with Crippen LogP contribution in [-0.2, 0) is 23.7 Å². The Morgan fingerprint density at radius 2 is 1.26 bits per heavy atom. The van der Waals surface area contributed by atoms with Gasteiger partial charge in [-0.05, 0) is 0 Å².